The minimum atomic E-state index is -0.192. The van der Waals surface area contributed by atoms with E-state index in [0.29, 0.717) is 39.4 Å². The number of furan rings is 1. The van der Waals surface area contributed by atoms with Gasteiger partial charge in [0.2, 0.25) is 5.91 Å². The fourth-order valence-electron chi connectivity index (χ4n) is 3.29. The van der Waals surface area contributed by atoms with Crippen LogP contribution in [0.3, 0.4) is 0 Å². The van der Waals surface area contributed by atoms with Gasteiger partial charge in [-0.05, 0) is 31.9 Å². The van der Waals surface area contributed by atoms with E-state index in [4.69, 9.17) is 9.15 Å². The first-order valence-electron chi connectivity index (χ1n) is 8.60. The molecule has 0 aliphatic carbocycles. The van der Waals surface area contributed by atoms with Crippen LogP contribution in [0.4, 0.5) is 4.79 Å². The van der Waals surface area contributed by atoms with E-state index in [1.807, 2.05) is 17.9 Å². The molecule has 0 aromatic carbocycles. The van der Waals surface area contributed by atoms with Crippen LogP contribution in [0.25, 0.3) is 0 Å². The maximum Gasteiger partial charge on any atom is 0.318 e. The Balaban J connectivity index is 1.54. The number of hydrogen-bond acceptors (Lipinski definition) is 4. The molecule has 1 N–H and O–H groups in total. The molecule has 7 nitrogen and oxygen atoms in total. The fourth-order valence-corrected chi connectivity index (χ4v) is 3.29. The fraction of sp³-hybridized carbons (Fsp3) is 0.647. The molecule has 3 heterocycles. The Morgan fingerprint density at radius 3 is 2.75 bits per heavy atom. The van der Waals surface area contributed by atoms with Crippen molar-refractivity contribution in [2.45, 2.75) is 25.8 Å². The first-order chi connectivity index (χ1) is 11.6. The Bertz CT molecular complexity index is 554. The van der Waals surface area contributed by atoms with E-state index in [-0.39, 0.29) is 23.9 Å². The zero-order valence-electron chi connectivity index (χ0n) is 14.1. The number of likely N-dealkylation sites (tertiary alicyclic amines) is 1. The lowest BCUT2D eigenvalue weighted by Crippen LogP contribution is -2.51. The van der Waals surface area contributed by atoms with E-state index < -0.39 is 0 Å². The van der Waals surface area contributed by atoms with Gasteiger partial charge in [-0.15, -0.1) is 0 Å². The van der Waals surface area contributed by atoms with Gasteiger partial charge in [-0.3, -0.25) is 4.79 Å². The van der Waals surface area contributed by atoms with Gasteiger partial charge in [-0.2, -0.15) is 0 Å². The van der Waals surface area contributed by atoms with Crippen LogP contribution >= 0.6 is 0 Å². The monoisotopic (exact) mass is 335 g/mol. The Hall–Kier alpha value is -2.02. The third-order valence-electron chi connectivity index (χ3n) is 4.69. The standard InChI is InChI=1S/C17H25N3O4/c1-13(15-5-3-9-24-15)18-17(22)20-6-2-4-14(12-20)16(21)19-7-10-23-11-8-19/h3,5,9,13-14H,2,4,6-8,10-12H2,1H3,(H,18,22). The highest BCUT2D eigenvalue weighted by Crippen LogP contribution is 2.20. The summed E-state index contributed by atoms with van der Waals surface area (Å²) in [5.41, 5.74) is 0. The summed E-state index contributed by atoms with van der Waals surface area (Å²) in [6.45, 7) is 5.55. The predicted octanol–water partition coefficient (Wildman–Crippen LogP) is 1.62. The number of ether oxygens (including phenoxy) is 1. The van der Waals surface area contributed by atoms with Crippen molar-refractivity contribution in [3.63, 3.8) is 0 Å². The minimum Gasteiger partial charge on any atom is -0.467 e. The van der Waals surface area contributed by atoms with Crippen molar-refractivity contribution in [1.82, 2.24) is 15.1 Å². The van der Waals surface area contributed by atoms with Crippen LogP contribution in [0.2, 0.25) is 0 Å². The van der Waals surface area contributed by atoms with Gasteiger partial charge >= 0.3 is 6.03 Å². The van der Waals surface area contributed by atoms with Crippen LogP contribution < -0.4 is 5.32 Å². The molecule has 0 saturated carbocycles. The van der Waals surface area contributed by atoms with Crippen molar-refractivity contribution in [2.24, 2.45) is 5.92 Å². The molecular weight excluding hydrogens is 310 g/mol. The van der Waals surface area contributed by atoms with Crippen LogP contribution in [0.15, 0.2) is 22.8 Å². The topological polar surface area (TPSA) is 75.0 Å². The molecule has 0 spiro atoms. The first-order valence-corrected chi connectivity index (χ1v) is 8.60. The predicted molar refractivity (Wildman–Crippen MR) is 87.4 cm³/mol. The van der Waals surface area contributed by atoms with E-state index in [0.717, 1.165) is 18.6 Å². The Morgan fingerprint density at radius 2 is 2.04 bits per heavy atom. The van der Waals surface area contributed by atoms with Gasteiger partial charge in [0.05, 0.1) is 31.4 Å². The molecular formula is C17H25N3O4. The van der Waals surface area contributed by atoms with Crippen molar-refractivity contribution in [3.8, 4) is 0 Å². The van der Waals surface area contributed by atoms with E-state index in [2.05, 4.69) is 5.32 Å². The number of carbonyl (C=O) groups is 2. The van der Waals surface area contributed by atoms with Gasteiger partial charge in [0.1, 0.15) is 5.76 Å². The molecule has 2 aliphatic heterocycles. The first kappa shape index (κ1) is 16.8. The summed E-state index contributed by atoms with van der Waals surface area (Å²) < 4.78 is 10.6. The third-order valence-corrected chi connectivity index (χ3v) is 4.69. The van der Waals surface area contributed by atoms with Crippen LogP contribution in [0.1, 0.15) is 31.6 Å². The molecule has 2 unspecified atom stereocenters. The second-order valence-corrected chi connectivity index (χ2v) is 6.41. The van der Waals surface area contributed by atoms with Gasteiger partial charge in [-0.25, -0.2) is 4.79 Å². The number of nitrogens with zero attached hydrogens (tertiary/aromatic N) is 2. The molecule has 2 atom stereocenters. The van der Waals surface area contributed by atoms with E-state index in [1.54, 1.807) is 17.2 Å². The van der Waals surface area contributed by atoms with Crippen molar-refractivity contribution in [3.05, 3.63) is 24.2 Å². The summed E-state index contributed by atoms with van der Waals surface area (Å²) in [7, 11) is 0. The normalized spacial score (nSPS) is 23.0. The van der Waals surface area contributed by atoms with Gasteiger partial charge in [0.15, 0.2) is 0 Å². The maximum absolute atomic E-state index is 12.6. The summed E-state index contributed by atoms with van der Waals surface area (Å²) in [5.74, 6) is 0.762. The van der Waals surface area contributed by atoms with E-state index in [1.165, 1.54) is 0 Å². The van der Waals surface area contributed by atoms with Gasteiger partial charge in [-0.1, -0.05) is 0 Å². The number of hydrogen-bond donors (Lipinski definition) is 1. The maximum atomic E-state index is 12.6. The van der Waals surface area contributed by atoms with Crippen LogP contribution in [-0.2, 0) is 9.53 Å². The van der Waals surface area contributed by atoms with Gasteiger partial charge < -0.3 is 24.3 Å². The van der Waals surface area contributed by atoms with Crippen LogP contribution in [0.5, 0.6) is 0 Å². The molecule has 132 valence electrons. The highest BCUT2D eigenvalue weighted by Gasteiger charge is 2.32. The van der Waals surface area contributed by atoms with E-state index >= 15 is 0 Å². The Labute approximate surface area is 141 Å². The zero-order valence-corrected chi connectivity index (χ0v) is 14.1. The number of amides is 3. The molecule has 2 saturated heterocycles. The summed E-state index contributed by atoms with van der Waals surface area (Å²) in [4.78, 5) is 28.7. The van der Waals surface area contributed by atoms with E-state index in [9.17, 15) is 9.59 Å². The van der Waals surface area contributed by atoms with Gasteiger partial charge in [0, 0.05) is 26.2 Å². The molecule has 1 aromatic heterocycles. The summed E-state index contributed by atoms with van der Waals surface area (Å²) in [5, 5.41) is 2.94. The van der Waals surface area contributed by atoms with Crippen LogP contribution in [0, 0.1) is 5.92 Å². The number of nitrogens with one attached hydrogen (secondary N) is 1. The molecule has 0 radical (unpaired) electrons. The average Bonchev–Trinajstić information content (AvgIpc) is 3.17. The second-order valence-electron chi connectivity index (χ2n) is 6.41. The van der Waals surface area contributed by atoms with Crippen molar-refractivity contribution in [1.29, 1.82) is 0 Å². The number of morpholine rings is 1. The zero-order chi connectivity index (χ0) is 16.9. The molecule has 24 heavy (non-hydrogen) atoms. The third kappa shape index (κ3) is 3.90. The van der Waals surface area contributed by atoms with Crippen molar-refractivity contribution >= 4 is 11.9 Å². The number of urea groups is 1. The number of piperidine rings is 1. The summed E-state index contributed by atoms with van der Waals surface area (Å²) in [6.07, 6.45) is 3.28. The van der Waals surface area contributed by atoms with Crippen LogP contribution in [-0.4, -0.2) is 61.1 Å². The highest BCUT2D eigenvalue weighted by atomic mass is 16.5. The highest BCUT2D eigenvalue weighted by molar-refractivity contribution is 5.81. The molecule has 3 amide bonds. The molecule has 0 bridgehead atoms. The largest absolute Gasteiger partial charge is 0.467 e. The minimum absolute atomic E-state index is 0.110. The van der Waals surface area contributed by atoms with Crippen molar-refractivity contribution in [2.75, 3.05) is 39.4 Å². The Kier molecular flexibility index (Phi) is 5.40. The second kappa shape index (κ2) is 7.70. The summed E-state index contributed by atoms with van der Waals surface area (Å²) >= 11 is 0. The Morgan fingerprint density at radius 1 is 1.25 bits per heavy atom. The molecule has 3 rings (SSSR count). The lowest BCUT2D eigenvalue weighted by atomic mass is 9.96. The quantitative estimate of drug-likeness (QED) is 0.911. The lowest BCUT2D eigenvalue weighted by molar-refractivity contribution is -0.141. The molecule has 1 aromatic rings. The van der Waals surface area contributed by atoms with Gasteiger partial charge in [0.25, 0.3) is 0 Å². The number of rotatable bonds is 3. The smallest absolute Gasteiger partial charge is 0.318 e. The molecule has 7 heteroatoms. The molecule has 2 fully saturated rings. The summed E-state index contributed by atoms with van der Waals surface area (Å²) in [6, 6.07) is 3.31. The molecule has 2 aliphatic rings. The van der Waals surface area contributed by atoms with Crippen molar-refractivity contribution < 1.29 is 18.7 Å². The SMILES string of the molecule is CC(NC(=O)N1CCCC(C(=O)N2CCOCC2)C1)c1ccco1. The lowest BCUT2D eigenvalue weighted by Gasteiger charge is -2.36. The average molecular weight is 335 g/mol. The number of carbonyl (C=O) groups excluding carboxylic acids is 2.